The molecular formula is C11H17N5O2S. The van der Waals surface area contributed by atoms with Crippen LogP contribution in [0, 0.1) is 0 Å². The lowest BCUT2D eigenvalue weighted by atomic mass is 10.4. The van der Waals surface area contributed by atoms with E-state index in [0.717, 1.165) is 4.90 Å². The molecule has 19 heavy (non-hydrogen) atoms. The Hall–Kier alpha value is -1.41. The summed E-state index contributed by atoms with van der Waals surface area (Å²) in [4.78, 5) is 24.5. The van der Waals surface area contributed by atoms with Crippen LogP contribution in [0.25, 0.3) is 0 Å². The number of thioether (sulfide) groups is 1. The lowest BCUT2D eigenvalue weighted by Gasteiger charge is -2.14. The van der Waals surface area contributed by atoms with Crippen LogP contribution in [0.5, 0.6) is 0 Å². The van der Waals surface area contributed by atoms with Crippen molar-refractivity contribution in [3.8, 4) is 0 Å². The Bertz CT molecular complexity index is 513. The number of carbonyl (C=O) groups excluding carboxylic acids is 2. The molecule has 2 heterocycles. The number of carbonyl (C=O) groups is 2. The van der Waals surface area contributed by atoms with Gasteiger partial charge < -0.3 is 10.3 Å². The second-order valence-corrected chi connectivity index (χ2v) is 5.84. The minimum atomic E-state index is -0.412. The molecule has 0 aliphatic carbocycles. The van der Waals surface area contributed by atoms with Crippen molar-refractivity contribution in [2.75, 3.05) is 7.05 Å². The molecule has 7 nitrogen and oxygen atoms in total. The number of imide groups is 1. The van der Waals surface area contributed by atoms with Gasteiger partial charge in [0, 0.05) is 19.5 Å². The Balaban J connectivity index is 2.23. The van der Waals surface area contributed by atoms with Crippen molar-refractivity contribution in [1.29, 1.82) is 0 Å². The quantitative estimate of drug-likeness (QED) is 0.791. The molecule has 0 radical (unpaired) electrons. The Morgan fingerprint density at radius 1 is 1.42 bits per heavy atom. The van der Waals surface area contributed by atoms with Gasteiger partial charge in [-0.1, -0.05) is 11.8 Å². The molecule has 104 valence electrons. The van der Waals surface area contributed by atoms with E-state index in [1.807, 2.05) is 18.4 Å². The van der Waals surface area contributed by atoms with Crippen LogP contribution < -0.4 is 5.73 Å². The van der Waals surface area contributed by atoms with E-state index in [9.17, 15) is 9.59 Å². The zero-order valence-corrected chi connectivity index (χ0v) is 12.0. The number of likely N-dealkylation sites (tertiary alicyclic amines) is 1. The van der Waals surface area contributed by atoms with Crippen LogP contribution in [0.3, 0.4) is 0 Å². The van der Waals surface area contributed by atoms with Crippen LogP contribution in [0.15, 0.2) is 5.16 Å². The highest BCUT2D eigenvalue weighted by Crippen LogP contribution is 2.31. The van der Waals surface area contributed by atoms with E-state index in [2.05, 4.69) is 10.2 Å². The Kier molecular flexibility index (Phi) is 3.91. The maximum absolute atomic E-state index is 11.9. The van der Waals surface area contributed by atoms with Crippen molar-refractivity contribution in [3.63, 3.8) is 0 Å². The first-order valence-corrected chi connectivity index (χ1v) is 6.94. The predicted octanol–water partition coefficient (Wildman–Crippen LogP) is 0.167. The van der Waals surface area contributed by atoms with E-state index in [4.69, 9.17) is 5.73 Å². The number of aromatic nitrogens is 3. The fourth-order valence-electron chi connectivity index (χ4n) is 1.99. The van der Waals surface area contributed by atoms with Gasteiger partial charge in [0.05, 0.1) is 6.54 Å². The number of hydrogen-bond acceptors (Lipinski definition) is 6. The number of nitrogens with two attached hydrogens (primary N) is 1. The molecule has 2 N–H and O–H groups in total. The van der Waals surface area contributed by atoms with Crippen molar-refractivity contribution >= 4 is 23.6 Å². The molecular weight excluding hydrogens is 266 g/mol. The average Bonchev–Trinajstić information content (AvgIpc) is 2.87. The molecule has 2 rings (SSSR count). The molecule has 8 heteroatoms. The molecule has 1 unspecified atom stereocenters. The van der Waals surface area contributed by atoms with Gasteiger partial charge in [-0.05, 0) is 13.8 Å². The molecule has 0 saturated carbocycles. The van der Waals surface area contributed by atoms with E-state index < -0.39 is 5.25 Å². The number of amides is 2. The van der Waals surface area contributed by atoms with Gasteiger partial charge in [-0.2, -0.15) is 0 Å². The zero-order chi connectivity index (χ0) is 14.2. The lowest BCUT2D eigenvalue weighted by Crippen LogP contribution is -2.26. The van der Waals surface area contributed by atoms with Crippen molar-refractivity contribution in [1.82, 2.24) is 19.7 Å². The third kappa shape index (κ3) is 2.50. The Morgan fingerprint density at radius 3 is 2.58 bits per heavy atom. The molecule has 0 spiro atoms. The van der Waals surface area contributed by atoms with Crippen LogP contribution in [-0.2, 0) is 16.1 Å². The molecule has 1 aromatic rings. The fraction of sp³-hybridized carbons (Fsp3) is 0.636. The first kappa shape index (κ1) is 14.0. The summed E-state index contributed by atoms with van der Waals surface area (Å²) in [5.74, 6) is 0.349. The molecule has 0 aromatic carbocycles. The number of rotatable bonds is 4. The van der Waals surface area contributed by atoms with Gasteiger partial charge in [-0.15, -0.1) is 10.2 Å². The molecule has 0 bridgehead atoms. The smallest absolute Gasteiger partial charge is 0.243 e. The average molecular weight is 283 g/mol. The van der Waals surface area contributed by atoms with Gasteiger partial charge in [0.2, 0.25) is 11.8 Å². The molecule has 2 amide bonds. The van der Waals surface area contributed by atoms with Gasteiger partial charge in [0.1, 0.15) is 11.1 Å². The van der Waals surface area contributed by atoms with Crippen molar-refractivity contribution in [3.05, 3.63) is 5.82 Å². The Morgan fingerprint density at radius 2 is 2.11 bits per heavy atom. The number of nitrogens with zero attached hydrogens (tertiary/aromatic N) is 4. The minimum Gasteiger partial charge on any atom is -0.324 e. The largest absolute Gasteiger partial charge is 0.324 e. The maximum Gasteiger partial charge on any atom is 0.243 e. The van der Waals surface area contributed by atoms with E-state index in [1.54, 1.807) is 0 Å². The summed E-state index contributed by atoms with van der Waals surface area (Å²) >= 11 is 1.28. The van der Waals surface area contributed by atoms with Gasteiger partial charge in [0.15, 0.2) is 5.16 Å². The van der Waals surface area contributed by atoms with Crippen molar-refractivity contribution < 1.29 is 9.59 Å². The van der Waals surface area contributed by atoms with Crippen LogP contribution in [0.4, 0.5) is 0 Å². The van der Waals surface area contributed by atoms with Crippen LogP contribution in [0.1, 0.15) is 32.1 Å². The molecule has 1 saturated heterocycles. The summed E-state index contributed by atoms with van der Waals surface area (Å²) in [7, 11) is 1.50. The SMILES string of the molecule is CC(C)n1c(CN)nnc1SC1CC(=O)N(C)C1=O. The van der Waals surface area contributed by atoms with E-state index in [1.165, 1.54) is 18.8 Å². The van der Waals surface area contributed by atoms with Crippen LogP contribution in [-0.4, -0.2) is 43.8 Å². The fourth-order valence-corrected chi connectivity index (χ4v) is 3.24. The van der Waals surface area contributed by atoms with Gasteiger partial charge in [0.25, 0.3) is 0 Å². The highest BCUT2D eigenvalue weighted by molar-refractivity contribution is 8.00. The lowest BCUT2D eigenvalue weighted by molar-refractivity contribution is -0.136. The summed E-state index contributed by atoms with van der Waals surface area (Å²) in [5, 5.41) is 8.31. The van der Waals surface area contributed by atoms with E-state index >= 15 is 0 Å². The second-order valence-electron chi connectivity index (χ2n) is 4.67. The standard InChI is InChI=1S/C11H17N5O2S/c1-6(2)16-8(5-12)13-14-11(16)19-7-4-9(17)15(3)10(7)18/h6-7H,4-5,12H2,1-3H3. The Labute approximate surface area is 115 Å². The first-order chi connectivity index (χ1) is 8.95. The molecule has 1 atom stereocenters. The summed E-state index contributed by atoms with van der Waals surface area (Å²) in [6.07, 6.45) is 0.211. The summed E-state index contributed by atoms with van der Waals surface area (Å²) < 4.78 is 1.90. The van der Waals surface area contributed by atoms with Gasteiger partial charge >= 0.3 is 0 Å². The third-order valence-electron chi connectivity index (χ3n) is 3.02. The maximum atomic E-state index is 11.9. The van der Waals surface area contributed by atoms with Crippen LogP contribution >= 0.6 is 11.8 Å². The highest BCUT2D eigenvalue weighted by Gasteiger charge is 2.38. The molecule has 1 aliphatic rings. The monoisotopic (exact) mass is 283 g/mol. The zero-order valence-electron chi connectivity index (χ0n) is 11.2. The molecule has 1 aromatic heterocycles. The molecule has 1 aliphatic heterocycles. The predicted molar refractivity (Wildman–Crippen MR) is 70.3 cm³/mol. The summed E-state index contributed by atoms with van der Waals surface area (Å²) in [5.41, 5.74) is 5.62. The third-order valence-corrected chi connectivity index (χ3v) is 4.16. The first-order valence-electron chi connectivity index (χ1n) is 6.06. The summed E-state index contributed by atoms with van der Waals surface area (Å²) in [6.45, 7) is 4.30. The van der Waals surface area contributed by atoms with Gasteiger partial charge in [-0.3, -0.25) is 14.5 Å². The molecule has 1 fully saturated rings. The topological polar surface area (TPSA) is 94.1 Å². The minimum absolute atomic E-state index is 0.154. The summed E-state index contributed by atoms with van der Waals surface area (Å²) in [6, 6.07) is 0.154. The van der Waals surface area contributed by atoms with Crippen molar-refractivity contribution in [2.24, 2.45) is 5.73 Å². The highest BCUT2D eigenvalue weighted by atomic mass is 32.2. The second kappa shape index (κ2) is 5.30. The van der Waals surface area contributed by atoms with Crippen molar-refractivity contribution in [2.45, 2.75) is 43.3 Å². The normalized spacial score (nSPS) is 19.8. The van der Waals surface area contributed by atoms with E-state index in [0.29, 0.717) is 17.5 Å². The van der Waals surface area contributed by atoms with Gasteiger partial charge in [-0.25, -0.2) is 0 Å². The van der Waals surface area contributed by atoms with Crippen LogP contribution in [0.2, 0.25) is 0 Å². The van der Waals surface area contributed by atoms with E-state index in [-0.39, 0.29) is 24.3 Å². The number of hydrogen-bond donors (Lipinski definition) is 1.